The van der Waals surface area contributed by atoms with Crippen molar-refractivity contribution in [2.24, 2.45) is 5.73 Å². The van der Waals surface area contributed by atoms with E-state index in [1.807, 2.05) is 0 Å². The third-order valence-corrected chi connectivity index (χ3v) is 2.10. The van der Waals surface area contributed by atoms with E-state index in [2.05, 4.69) is 31.1 Å². The summed E-state index contributed by atoms with van der Waals surface area (Å²) in [5, 5.41) is 3.46. The number of nitrogens with zero attached hydrogens (tertiary/aromatic N) is 1. The Balaban J connectivity index is 2.34. The van der Waals surface area contributed by atoms with Crippen LogP contribution in [0.25, 0.3) is 0 Å². The highest BCUT2D eigenvalue weighted by Crippen LogP contribution is 2.05. The highest BCUT2D eigenvalue weighted by Gasteiger charge is 2.27. The van der Waals surface area contributed by atoms with Crippen LogP contribution in [0.15, 0.2) is 0 Å². The van der Waals surface area contributed by atoms with Crippen molar-refractivity contribution in [3.63, 3.8) is 0 Å². The molecule has 0 bridgehead atoms. The molecule has 1 aliphatic heterocycles. The van der Waals surface area contributed by atoms with Crippen LogP contribution < -0.4 is 11.1 Å². The van der Waals surface area contributed by atoms with Crippen LogP contribution in [0, 0.1) is 0 Å². The Kier molecular flexibility index (Phi) is 2.87. The number of rotatable bonds is 2. The van der Waals surface area contributed by atoms with Crippen LogP contribution in [0.5, 0.6) is 0 Å². The largest absolute Gasteiger partial charge is 0.325 e. The highest BCUT2D eigenvalue weighted by atomic mass is 15.2. The number of nitrogens with one attached hydrogen (secondary N) is 1. The van der Waals surface area contributed by atoms with Gasteiger partial charge in [-0.3, -0.25) is 0 Å². The average Bonchev–Trinajstić information content (AvgIpc) is 2.09. The Labute approximate surface area is 68.9 Å². The summed E-state index contributed by atoms with van der Waals surface area (Å²) in [6, 6.07) is 1.33. The van der Waals surface area contributed by atoms with Crippen LogP contribution >= 0.6 is 0 Å². The van der Waals surface area contributed by atoms with Gasteiger partial charge in [-0.2, -0.15) is 0 Å². The quantitative estimate of drug-likeness (QED) is 0.574. The zero-order valence-corrected chi connectivity index (χ0v) is 7.67. The molecule has 0 spiro atoms. The maximum Gasteiger partial charge on any atom is 0.0361 e. The van der Waals surface area contributed by atoms with Crippen LogP contribution in [-0.4, -0.2) is 43.2 Å². The zero-order valence-electron chi connectivity index (χ0n) is 7.67. The lowest BCUT2D eigenvalue weighted by Crippen LogP contribution is -2.46. The van der Waals surface area contributed by atoms with Crippen molar-refractivity contribution in [1.29, 1.82) is 0 Å². The lowest BCUT2D eigenvalue weighted by atomic mass is 10.1. The van der Waals surface area contributed by atoms with E-state index in [0.717, 1.165) is 13.1 Å². The first kappa shape index (κ1) is 8.97. The second-order valence-corrected chi connectivity index (χ2v) is 3.81. The van der Waals surface area contributed by atoms with E-state index >= 15 is 0 Å². The van der Waals surface area contributed by atoms with Gasteiger partial charge in [0.2, 0.25) is 0 Å². The molecule has 0 aromatic rings. The molecule has 3 heteroatoms. The van der Waals surface area contributed by atoms with Crippen LogP contribution in [0.1, 0.15) is 13.8 Å². The summed E-state index contributed by atoms with van der Waals surface area (Å²) in [5.74, 6) is 0. The van der Waals surface area contributed by atoms with Gasteiger partial charge < -0.3 is 16.0 Å². The normalized spacial score (nSPS) is 33.5. The number of hydrogen-bond donors (Lipinski definition) is 2. The maximum atomic E-state index is 5.91. The van der Waals surface area contributed by atoms with Crippen molar-refractivity contribution < 1.29 is 0 Å². The number of nitrogens with two attached hydrogens (primary N) is 1. The molecule has 66 valence electrons. The topological polar surface area (TPSA) is 41.3 Å². The molecular weight excluding hydrogens is 138 g/mol. The predicted octanol–water partition coefficient (Wildman–Crippen LogP) is -0.374. The summed E-state index contributed by atoms with van der Waals surface area (Å²) < 4.78 is 0. The molecule has 0 aromatic carbocycles. The molecule has 1 rings (SSSR count). The summed E-state index contributed by atoms with van der Waals surface area (Å²) in [6.45, 7) is 6.42. The molecule has 0 unspecified atom stereocenters. The molecule has 0 radical (unpaired) electrons. The van der Waals surface area contributed by atoms with Gasteiger partial charge in [-0.1, -0.05) is 13.8 Å². The van der Waals surface area contributed by atoms with Crippen LogP contribution in [-0.2, 0) is 0 Å². The fourth-order valence-electron chi connectivity index (χ4n) is 1.64. The van der Waals surface area contributed by atoms with Crippen LogP contribution in [0.3, 0.4) is 0 Å². The van der Waals surface area contributed by atoms with Gasteiger partial charge in [0, 0.05) is 31.2 Å². The third kappa shape index (κ3) is 2.43. The SMILES string of the molecule is CC(C)N[C@@H]1CN(C)C[C@@H]1N. The minimum Gasteiger partial charge on any atom is -0.325 e. The molecule has 1 saturated heterocycles. The Hall–Kier alpha value is -0.120. The molecule has 0 saturated carbocycles. The number of likely N-dealkylation sites (N-methyl/N-ethyl adjacent to an activating group) is 1. The standard InChI is InChI=1S/C8H19N3/c1-6(2)10-8-5-11(3)4-7(8)9/h6-8,10H,4-5,9H2,1-3H3/t7-,8+/m0/s1. The Bertz CT molecular complexity index is 125. The van der Waals surface area contributed by atoms with Crippen molar-refractivity contribution in [3.8, 4) is 0 Å². The molecule has 1 heterocycles. The first-order chi connectivity index (χ1) is 5.09. The van der Waals surface area contributed by atoms with Crippen molar-refractivity contribution >= 4 is 0 Å². The van der Waals surface area contributed by atoms with Gasteiger partial charge in [-0.05, 0) is 7.05 Å². The fraction of sp³-hybridized carbons (Fsp3) is 1.00. The Morgan fingerprint density at radius 2 is 2.09 bits per heavy atom. The minimum absolute atomic E-state index is 0.308. The van der Waals surface area contributed by atoms with Crippen molar-refractivity contribution in [2.45, 2.75) is 32.0 Å². The van der Waals surface area contributed by atoms with Crippen molar-refractivity contribution in [1.82, 2.24) is 10.2 Å². The predicted molar refractivity (Wildman–Crippen MR) is 47.5 cm³/mol. The lowest BCUT2D eigenvalue weighted by molar-refractivity contribution is 0.389. The minimum atomic E-state index is 0.308. The van der Waals surface area contributed by atoms with E-state index in [4.69, 9.17) is 5.73 Å². The van der Waals surface area contributed by atoms with E-state index in [1.54, 1.807) is 0 Å². The van der Waals surface area contributed by atoms with Crippen LogP contribution in [0.2, 0.25) is 0 Å². The molecule has 1 fully saturated rings. The molecule has 11 heavy (non-hydrogen) atoms. The van der Waals surface area contributed by atoms with Crippen LogP contribution in [0.4, 0.5) is 0 Å². The second-order valence-electron chi connectivity index (χ2n) is 3.81. The van der Waals surface area contributed by atoms with Gasteiger partial charge in [0.15, 0.2) is 0 Å². The zero-order chi connectivity index (χ0) is 8.43. The summed E-state index contributed by atoms with van der Waals surface area (Å²) in [5.41, 5.74) is 5.91. The van der Waals surface area contributed by atoms with Gasteiger partial charge in [0.05, 0.1) is 0 Å². The van der Waals surface area contributed by atoms with Gasteiger partial charge >= 0.3 is 0 Å². The molecule has 3 nitrogen and oxygen atoms in total. The summed E-state index contributed by atoms with van der Waals surface area (Å²) >= 11 is 0. The smallest absolute Gasteiger partial charge is 0.0361 e. The summed E-state index contributed by atoms with van der Waals surface area (Å²) in [6.07, 6.45) is 0. The number of hydrogen-bond acceptors (Lipinski definition) is 3. The Morgan fingerprint density at radius 1 is 1.45 bits per heavy atom. The first-order valence-corrected chi connectivity index (χ1v) is 4.29. The molecule has 0 aliphatic carbocycles. The molecule has 0 aromatic heterocycles. The van der Waals surface area contributed by atoms with E-state index in [9.17, 15) is 0 Å². The van der Waals surface area contributed by atoms with Crippen molar-refractivity contribution in [3.05, 3.63) is 0 Å². The molecule has 1 aliphatic rings. The van der Waals surface area contributed by atoms with Crippen molar-refractivity contribution in [2.75, 3.05) is 20.1 Å². The molecule has 0 amide bonds. The number of likely N-dealkylation sites (tertiary alicyclic amines) is 1. The molecule has 2 atom stereocenters. The van der Waals surface area contributed by atoms with Gasteiger partial charge in [-0.25, -0.2) is 0 Å². The maximum absolute atomic E-state index is 5.91. The van der Waals surface area contributed by atoms with E-state index in [1.165, 1.54) is 0 Å². The average molecular weight is 157 g/mol. The van der Waals surface area contributed by atoms with Gasteiger partial charge in [0.1, 0.15) is 0 Å². The lowest BCUT2D eigenvalue weighted by Gasteiger charge is -2.18. The highest BCUT2D eigenvalue weighted by molar-refractivity contribution is 4.91. The molecular formula is C8H19N3. The third-order valence-electron chi connectivity index (χ3n) is 2.10. The van der Waals surface area contributed by atoms with Gasteiger partial charge in [-0.15, -0.1) is 0 Å². The second kappa shape index (κ2) is 3.52. The monoisotopic (exact) mass is 157 g/mol. The van der Waals surface area contributed by atoms with E-state index < -0.39 is 0 Å². The summed E-state index contributed by atoms with van der Waals surface area (Å²) in [4.78, 5) is 2.27. The Morgan fingerprint density at radius 3 is 2.45 bits per heavy atom. The fourth-order valence-corrected chi connectivity index (χ4v) is 1.64. The molecule has 3 N–H and O–H groups in total. The first-order valence-electron chi connectivity index (χ1n) is 4.29. The van der Waals surface area contributed by atoms with E-state index in [0.29, 0.717) is 18.1 Å². The van der Waals surface area contributed by atoms with E-state index in [-0.39, 0.29) is 0 Å². The van der Waals surface area contributed by atoms with Gasteiger partial charge in [0.25, 0.3) is 0 Å². The summed E-state index contributed by atoms with van der Waals surface area (Å²) in [7, 11) is 2.11.